The van der Waals surface area contributed by atoms with Crippen molar-refractivity contribution in [3.8, 4) is 0 Å². The molecule has 0 saturated heterocycles. The third-order valence-corrected chi connectivity index (χ3v) is 1.67. The minimum absolute atomic E-state index is 0.240. The Morgan fingerprint density at radius 1 is 1.27 bits per heavy atom. The lowest BCUT2D eigenvalue weighted by Crippen LogP contribution is -2.23. The molecule has 0 bridgehead atoms. The van der Waals surface area contributed by atoms with Gasteiger partial charge in [-0.2, -0.15) is 0 Å². The first-order valence-electron chi connectivity index (χ1n) is 5.14. The number of methoxy groups -OCH3 is 1. The lowest BCUT2D eigenvalue weighted by molar-refractivity contribution is -0.139. The molecular weight excluding hydrogens is 190 g/mol. The average Bonchev–Trinajstić information content (AvgIpc) is 2.33. The highest BCUT2D eigenvalue weighted by Gasteiger charge is 1.97. The first kappa shape index (κ1) is 13.7. The van der Waals surface area contributed by atoms with E-state index in [1.807, 2.05) is 44.2 Å². The molecule has 0 fully saturated rings. The van der Waals surface area contributed by atoms with Crippen LogP contribution in [-0.2, 0) is 16.1 Å². The smallest absolute Gasteiger partial charge is 0.319 e. The van der Waals surface area contributed by atoms with E-state index in [9.17, 15) is 4.79 Å². The molecule has 0 aliphatic heterocycles. The number of rotatable bonds is 4. The van der Waals surface area contributed by atoms with E-state index in [-0.39, 0.29) is 12.5 Å². The predicted molar refractivity (Wildman–Crippen MR) is 61.5 cm³/mol. The molecule has 0 aromatic heterocycles. The molecule has 15 heavy (non-hydrogen) atoms. The lowest BCUT2D eigenvalue weighted by Gasteiger charge is -2.02. The zero-order valence-electron chi connectivity index (χ0n) is 9.62. The van der Waals surface area contributed by atoms with Crippen LogP contribution in [0.3, 0.4) is 0 Å². The van der Waals surface area contributed by atoms with Crippen LogP contribution >= 0.6 is 0 Å². The number of hydrogen-bond acceptors (Lipinski definition) is 3. The molecule has 1 N–H and O–H groups in total. The third-order valence-electron chi connectivity index (χ3n) is 1.67. The van der Waals surface area contributed by atoms with Crippen molar-refractivity contribution in [2.75, 3.05) is 13.7 Å². The monoisotopic (exact) mass is 209 g/mol. The molecule has 3 heteroatoms. The number of ether oxygens (including phenoxy) is 1. The van der Waals surface area contributed by atoms with Gasteiger partial charge < -0.3 is 10.1 Å². The van der Waals surface area contributed by atoms with Crippen molar-refractivity contribution in [3.05, 3.63) is 35.9 Å². The van der Waals surface area contributed by atoms with Gasteiger partial charge in [-0.15, -0.1) is 0 Å². The molecule has 0 amide bonds. The number of benzene rings is 1. The van der Waals surface area contributed by atoms with Gasteiger partial charge in [-0.3, -0.25) is 4.79 Å². The van der Waals surface area contributed by atoms with E-state index < -0.39 is 0 Å². The Bertz CT molecular complexity index is 260. The molecule has 0 saturated carbocycles. The van der Waals surface area contributed by atoms with Crippen molar-refractivity contribution in [2.45, 2.75) is 20.4 Å². The molecule has 0 heterocycles. The molecule has 0 radical (unpaired) electrons. The fourth-order valence-corrected chi connectivity index (χ4v) is 0.977. The maximum atomic E-state index is 10.7. The highest BCUT2D eigenvalue weighted by Crippen LogP contribution is 1.96. The highest BCUT2D eigenvalue weighted by atomic mass is 16.5. The van der Waals surface area contributed by atoms with Gasteiger partial charge in [0, 0.05) is 6.54 Å². The predicted octanol–water partition coefficient (Wildman–Crippen LogP) is 1.98. The Morgan fingerprint density at radius 3 is 2.40 bits per heavy atom. The maximum Gasteiger partial charge on any atom is 0.319 e. The molecule has 0 unspecified atom stereocenters. The molecule has 1 aromatic carbocycles. The van der Waals surface area contributed by atoms with E-state index in [2.05, 4.69) is 10.1 Å². The van der Waals surface area contributed by atoms with Crippen molar-refractivity contribution in [1.82, 2.24) is 5.32 Å². The van der Waals surface area contributed by atoms with Crippen LogP contribution in [-0.4, -0.2) is 19.6 Å². The van der Waals surface area contributed by atoms with Gasteiger partial charge >= 0.3 is 5.97 Å². The molecular formula is C12H19NO2. The molecule has 1 rings (SSSR count). The van der Waals surface area contributed by atoms with Crippen LogP contribution in [0.15, 0.2) is 30.3 Å². The maximum absolute atomic E-state index is 10.7. The zero-order chi connectivity index (χ0) is 11.5. The van der Waals surface area contributed by atoms with Crippen molar-refractivity contribution >= 4 is 5.97 Å². The van der Waals surface area contributed by atoms with Crippen molar-refractivity contribution in [3.63, 3.8) is 0 Å². The summed E-state index contributed by atoms with van der Waals surface area (Å²) in [4.78, 5) is 10.7. The average molecular weight is 209 g/mol. The van der Waals surface area contributed by atoms with E-state index in [0.29, 0.717) is 6.54 Å². The van der Waals surface area contributed by atoms with Gasteiger partial charge in [0.2, 0.25) is 0 Å². The number of carbonyl (C=O) groups excluding carboxylic acids is 1. The van der Waals surface area contributed by atoms with Crippen molar-refractivity contribution < 1.29 is 9.53 Å². The standard InChI is InChI=1S/C10H13NO2.C2H6/c1-13-10(12)8-11-7-9-5-3-2-4-6-9;1-2/h2-6,11H,7-8H2,1H3;1-2H3. The Kier molecular flexibility index (Phi) is 8.39. The topological polar surface area (TPSA) is 38.3 Å². The summed E-state index contributed by atoms with van der Waals surface area (Å²) in [6.45, 7) is 4.95. The van der Waals surface area contributed by atoms with Gasteiger partial charge in [0.05, 0.1) is 13.7 Å². The zero-order valence-corrected chi connectivity index (χ0v) is 9.62. The van der Waals surface area contributed by atoms with Crippen LogP contribution in [0.2, 0.25) is 0 Å². The highest BCUT2D eigenvalue weighted by molar-refractivity contribution is 5.71. The Morgan fingerprint density at radius 2 is 1.87 bits per heavy atom. The normalized spacial score (nSPS) is 8.73. The lowest BCUT2D eigenvalue weighted by atomic mass is 10.2. The second-order valence-electron chi connectivity index (χ2n) is 2.67. The summed E-state index contributed by atoms with van der Waals surface area (Å²) in [5.41, 5.74) is 1.16. The summed E-state index contributed by atoms with van der Waals surface area (Å²) in [6.07, 6.45) is 0. The van der Waals surface area contributed by atoms with E-state index in [1.165, 1.54) is 7.11 Å². The van der Waals surface area contributed by atoms with Crippen LogP contribution in [0, 0.1) is 0 Å². The summed E-state index contributed by atoms with van der Waals surface area (Å²) >= 11 is 0. The van der Waals surface area contributed by atoms with Crippen LogP contribution in [0.1, 0.15) is 19.4 Å². The summed E-state index contributed by atoms with van der Waals surface area (Å²) in [5, 5.41) is 2.98. The quantitative estimate of drug-likeness (QED) is 0.770. The first-order chi connectivity index (χ1) is 7.33. The molecule has 84 valence electrons. The number of nitrogens with one attached hydrogen (secondary N) is 1. The van der Waals surface area contributed by atoms with Crippen LogP contribution in [0.4, 0.5) is 0 Å². The van der Waals surface area contributed by atoms with Gasteiger partial charge in [-0.05, 0) is 5.56 Å². The first-order valence-corrected chi connectivity index (χ1v) is 5.14. The number of carbonyl (C=O) groups is 1. The van der Waals surface area contributed by atoms with Crippen LogP contribution < -0.4 is 5.32 Å². The second kappa shape index (κ2) is 9.21. The van der Waals surface area contributed by atoms with Gasteiger partial charge in [-0.1, -0.05) is 44.2 Å². The number of esters is 1. The van der Waals surface area contributed by atoms with Gasteiger partial charge in [-0.25, -0.2) is 0 Å². The van der Waals surface area contributed by atoms with E-state index >= 15 is 0 Å². The minimum Gasteiger partial charge on any atom is -0.468 e. The van der Waals surface area contributed by atoms with Gasteiger partial charge in [0.25, 0.3) is 0 Å². The molecule has 0 atom stereocenters. The Hall–Kier alpha value is -1.35. The Labute approximate surface area is 91.5 Å². The van der Waals surface area contributed by atoms with Crippen molar-refractivity contribution in [2.24, 2.45) is 0 Å². The van der Waals surface area contributed by atoms with Gasteiger partial charge in [0.15, 0.2) is 0 Å². The molecule has 0 spiro atoms. The molecule has 3 nitrogen and oxygen atoms in total. The fraction of sp³-hybridized carbons (Fsp3) is 0.417. The largest absolute Gasteiger partial charge is 0.468 e. The summed E-state index contributed by atoms with van der Waals surface area (Å²) < 4.78 is 4.49. The number of hydrogen-bond donors (Lipinski definition) is 1. The second-order valence-corrected chi connectivity index (χ2v) is 2.67. The fourth-order valence-electron chi connectivity index (χ4n) is 0.977. The van der Waals surface area contributed by atoms with E-state index in [4.69, 9.17) is 0 Å². The Balaban J connectivity index is 0.000000921. The van der Waals surface area contributed by atoms with Crippen LogP contribution in [0.5, 0.6) is 0 Å². The van der Waals surface area contributed by atoms with E-state index in [1.54, 1.807) is 0 Å². The summed E-state index contributed by atoms with van der Waals surface area (Å²) in [6, 6.07) is 9.91. The SMILES string of the molecule is CC.COC(=O)CNCc1ccccc1. The molecule has 1 aromatic rings. The summed E-state index contributed by atoms with van der Waals surface area (Å²) in [7, 11) is 1.38. The minimum atomic E-state index is -0.240. The third kappa shape index (κ3) is 6.69. The summed E-state index contributed by atoms with van der Waals surface area (Å²) in [5.74, 6) is -0.240. The van der Waals surface area contributed by atoms with Gasteiger partial charge in [0.1, 0.15) is 0 Å². The molecule has 0 aliphatic carbocycles. The molecule has 0 aliphatic rings. The van der Waals surface area contributed by atoms with E-state index in [0.717, 1.165) is 5.56 Å². The van der Waals surface area contributed by atoms with Crippen LogP contribution in [0.25, 0.3) is 0 Å². The van der Waals surface area contributed by atoms with Crippen molar-refractivity contribution in [1.29, 1.82) is 0 Å².